The first-order chi connectivity index (χ1) is 15.2. The first-order valence-corrected chi connectivity index (χ1v) is 8.86. The zero-order valence-corrected chi connectivity index (χ0v) is 19.9. The molecule has 2 heterocycles. The zero-order chi connectivity index (χ0) is 23.4. The Morgan fingerprint density at radius 1 is 0.579 bits per heavy atom. The van der Waals surface area contributed by atoms with Crippen molar-refractivity contribution in [2.45, 2.75) is 0 Å². The van der Waals surface area contributed by atoms with Crippen LogP contribution in [0.3, 0.4) is 0 Å². The van der Waals surface area contributed by atoms with E-state index in [9.17, 15) is 29.4 Å². The molecule has 16 heteroatoms. The second-order valence-electron chi connectivity index (χ2n) is 6.34. The van der Waals surface area contributed by atoms with Gasteiger partial charge in [-0.15, -0.1) is 0 Å². The minimum Gasteiger partial charge on any atom is -0.545 e. The minimum absolute atomic E-state index is 0. The summed E-state index contributed by atoms with van der Waals surface area (Å²) in [6.45, 7) is 0. The molecule has 207 valence electrons. The number of rotatable bonds is 4. The maximum absolute atomic E-state index is 10.7. The Bertz CT molecular complexity index is 1260. The van der Waals surface area contributed by atoms with Crippen molar-refractivity contribution >= 4 is 45.7 Å². The fraction of sp³-hybridized carbons (Fsp3) is 0. The molecular formula is C22H22CoN2O13. The van der Waals surface area contributed by atoms with Crippen molar-refractivity contribution in [2.24, 2.45) is 0 Å². The topological polar surface area (TPSA) is 338 Å². The van der Waals surface area contributed by atoms with Crippen molar-refractivity contribution in [3.05, 3.63) is 83.2 Å². The molecule has 0 bridgehead atoms. The van der Waals surface area contributed by atoms with E-state index >= 15 is 0 Å². The van der Waals surface area contributed by atoms with E-state index in [1.165, 1.54) is 0 Å². The van der Waals surface area contributed by atoms with Gasteiger partial charge in [0.2, 0.25) is 0 Å². The van der Waals surface area contributed by atoms with Crippen LogP contribution in [0.2, 0.25) is 0 Å². The Morgan fingerprint density at radius 2 is 0.895 bits per heavy atom. The number of benzene rings is 2. The van der Waals surface area contributed by atoms with E-state index in [1.807, 2.05) is 12.1 Å². The van der Waals surface area contributed by atoms with Gasteiger partial charge in [-0.3, -0.25) is 9.97 Å². The number of nitrogens with zero attached hydrogens (tertiary/aromatic N) is 2. The largest absolute Gasteiger partial charge is 2.00 e. The van der Waals surface area contributed by atoms with E-state index in [0.717, 1.165) is 21.8 Å². The zero-order valence-electron chi connectivity index (χ0n) is 18.8. The number of carbonyl (C=O) groups excluding carboxylic acids is 2. The standard InChI is InChI=1S/C12H8N2.C10H6O8.Co.5H2O/c1-3-9-5-6-10-4-2-8-14-12(10)11(9)13-7-1;11-7(12)3-1-4(8(13)14)6(10(17)18)2-5(3)9(15)16;;;;;;/h1-8H;1-2H,(H,11,12)(H,13,14)(H,15,16)(H,17,18);;5*1H2/q;;+2;;;;;/p-2. The number of carbonyl (C=O) groups is 4. The molecule has 38 heavy (non-hydrogen) atoms. The van der Waals surface area contributed by atoms with Crippen molar-refractivity contribution in [3.63, 3.8) is 0 Å². The minimum atomic E-state index is -1.95. The molecule has 4 rings (SSSR count). The Morgan fingerprint density at radius 3 is 1.16 bits per heavy atom. The normalized spacial score (nSPS) is 8.63. The molecule has 15 nitrogen and oxygen atoms in total. The summed E-state index contributed by atoms with van der Waals surface area (Å²) in [7, 11) is 0. The Kier molecular flexibility index (Phi) is 18.2. The molecule has 2 aromatic heterocycles. The Balaban J connectivity index is -0.000000266. The van der Waals surface area contributed by atoms with E-state index in [1.54, 1.807) is 12.4 Å². The molecular weight excluding hydrogens is 559 g/mol. The van der Waals surface area contributed by atoms with Gasteiger partial charge in [-0.05, 0) is 24.3 Å². The number of hydrogen-bond donors (Lipinski definition) is 2. The summed E-state index contributed by atoms with van der Waals surface area (Å²) < 4.78 is 0. The van der Waals surface area contributed by atoms with Crippen LogP contribution in [-0.2, 0) is 16.8 Å². The summed E-state index contributed by atoms with van der Waals surface area (Å²) in [4.78, 5) is 51.5. The molecule has 0 fully saturated rings. The van der Waals surface area contributed by atoms with Crippen molar-refractivity contribution < 1.29 is 83.8 Å². The molecule has 0 aliphatic carbocycles. The van der Waals surface area contributed by atoms with Crippen molar-refractivity contribution in [2.75, 3.05) is 0 Å². The van der Waals surface area contributed by atoms with Gasteiger partial charge in [0.25, 0.3) is 0 Å². The SMILES string of the molecule is O.O.O.O.O.O=C([O-])c1cc(C(=O)O)c(C(=O)O)cc1C(=O)[O-].[Co+2].c1cnc2c(c1)ccc1cccnc12. The van der Waals surface area contributed by atoms with E-state index in [-0.39, 0.29) is 44.2 Å². The van der Waals surface area contributed by atoms with Gasteiger partial charge < -0.3 is 57.4 Å². The number of fused-ring (bicyclic) bond motifs is 3. The van der Waals surface area contributed by atoms with Crippen LogP contribution in [0.5, 0.6) is 0 Å². The number of aromatic nitrogens is 2. The van der Waals surface area contributed by atoms with Crippen LogP contribution >= 0.6 is 0 Å². The molecule has 1 radical (unpaired) electrons. The number of hydrogen-bond acceptors (Lipinski definition) is 8. The molecule has 0 unspecified atom stereocenters. The number of pyridine rings is 2. The van der Waals surface area contributed by atoms with Crippen molar-refractivity contribution in [3.8, 4) is 0 Å². The third-order valence-electron chi connectivity index (χ3n) is 4.40. The summed E-state index contributed by atoms with van der Waals surface area (Å²) in [5.74, 6) is -7.32. The van der Waals surface area contributed by atoms with Gasteiger partial charge >= 0.3 is 28.7 Å². The Hall–Kier alpha value is -4.55. The molecule has 4 aromatic rings. The van der Waals surface area contributed by atoms with Gasteiger partial charge in [-0.1, -0.05) is 24.3 Å². The fourth-order valence-electron chi connectivity index (χ4n) is 2.97. The predicted octanol–water partition coefficient (Wildman–Crippen LogP) is -3.53. The molecule has 0 aliphatic heterocycles. The molecule has 0 amide bonds. The van der Waals surface area contributed by atoms with Gasteiger partial charge in [0.05, 0.1) is 34.1 Å². The van der Waals surface area contributed by atoms with Gasteiger partial charge in [0.15, 0.2) is 0 Å². The van der Waals surface area contributed by atoms with Crippen LogP contribution < -0.4 is 10.2 Å². The van der Waals surface area contributed by atoms with Gasteiger partial charge in [-0.2, -0.15) is 0 Å². The Labute approximate surface area is 222 Å². The van der Waals surface area contributed by atoms with E-state index in [2.05, 4.69) is 34.2 Å². The molecule has 0 saturated carbocycles. The monoisotopic (exact) mass is 581 g/mol. The molecule has 0 spiro atoms. The number of carboxylic acids is 4. The molecule has 12 N–H and O–H groups in total. The second kappa shape index (κ2) is 17.0. The molecule has 2 aromatic carbocycles. The van der Waals surface area contributed by atoms with Gasteiger partial charge in [-0.25, -0.2) is 9.59 Å². The molecule has 0 saturated heterocycles. The van der Waals surface area contributed by atoms with Crippen LogP contribution in [0.25, 0.3) is 21.8 Å². The van der Waals surface area contributed by atoms with Crippen LogP contribution in [-0.4, -0.2) is 71.4 Å². The van der Waals surface area contributed by atoms with Crippen LogP contribution in [0.15, 0.2) is 60.9 Å². The molecule has 0 aliphatic rings. The fourth-order valence-corrected chi connectivity index (χ4v) is 2.97. The third kappa shape index (κ3) is 8.53. The van der Waals surface area contributed by atoms with Gasteiger partial charge in [0.1, 0.15) is 0 Å². The van der Waals surface area contributed by atoms with Crippen molar-refractivity contribution in [1.29, 1.82) is 0 Å². The average Bonchev–Trinajstić information content (AvgIpc) is 2.78. The summed E-state index contributed by atoms with van der Waals surface area (Å²) >= 11 is 0. The van der Waals surface area contributed by atoms with Gasteiger partial charge in [0, 0.05) is 34.3 Å². The number of carboxylic acid groups (broad SMARTS) is 4. The second-order valence-corrected chi connectivity index (χ2v) is 6.34. The predicted molar refractivity (Wildman–Crippen MR) is 124 cm³/mol. The summed E-state index contributed by atoms with van der Waals surface area (Å²) in [6.07, 6.45) is 3.60. The maximum atomic E-state index is 10.7. The van der Waals surface area contributed by atoms with E-state index in [4.69, 9.17) is 10.2 Å². The maximum Gasteiger partial charge on any atom is 2.00 e. The summed E-state index contributed by atoms with van der Waals surface area (Å²) in [5.41, 5.74) is -1.68. The van der Waals surface area contributed by atoms with Crippen LogP contribution in [0, 0.1) is 0 Å². The average molecular weight is 581 g/mol. The van der Waals surface area contributed by atoms with Crippen LogP contribution in [0.4, 0.5) is 0 Å². The quantitative estimate of drug-likeness (QED) is 0.223. The van der Waals surface area contributed by atoms with Crippen molar-refractivity contribution in [1.82, 2.24) is 9.97 Å². The first kappa shape index (κ1) is 40.6. The molecule has 0 atom stereocenters. The summed E-state index contributed by atoms with van der Waals surface area (Å²) in [6, 6.07) is 13.0. The summed E-state index contributed by atoms with van der Waals surface area (Å²) in [5, 5.41) is 41.0. The third-order valence-corrected chi connectivity index (χ3v) is 4.40. The smallest absolute Gasteiger partial charge is 0.545 e. The van der Waals surface area contributed by atoms with E-state index in [0.29, 0.717) is 12.1 Å². The number of aromatic carboxylic acids is 4. The van der Waals surface area contributed by atoms with E-state index < -0.39 is 46.1 Å². The van der Waals surface area contributed by atoms with Crippen LogP contribution in [0.1, 0.15) is 41.4 Å². The first-order valence-electron chi connectivity index (χ1n) is 8.86.